The molecule has 7 nitrogen and oxygen atoms in total. The molecule has 29 heavy (non-hydrogen) atoms. The van der Waals surface area contributed by atoms with E-state index in [0.717, 1.165) is 67.5 Å². The van der Waals surface area contributed by atoms with Crippen LogP contribution in [-0.2, 0) is 6.54 Å². The Morgan fingerprint density at radius 3 is 2.62 bits per heavy atom. The van der Waals surface area contributed by atoms with E-state index in [0.29, 0.717) is 0 Å². The van der Waals surface area contributed by atoms with E-state index in [1.54, 1.807) is 0 Å². The SMILES string of the molecule is Cc1cccc(NC(=O)N2CCN(CCn3c(C)nc4cccnc43)CC2)c1C. The molecular weight excluding hydrogens is 364 g/mol. The third-order valence-electron chi connectivity index (χ3n) is 5.84. The average molecular weight is 393 g/mol. The molecule has 1 saturated heterocycles. The molecule has 1 aliphatic rings. The summed E-state index contributed by atoms with van der Waals surface area (Å²) in [4.78, 5) is 26.0. The van der Waals surface area contributed by atoms with Crippen LogP contribution in [0.2, 0.25) is 0 Å². The first-order chi connectivity index (χ1) is 14.0. The summed E-state index contributed by atoms with van der Waals surface area (Å²) in [7, 11) is 0. The van der Waals surface area contributed by atoms with Gasteiger partial charge in [-0.15, -0.1) is 0 Å². The van der Waals surface area contributed by atoms with Gasteiger partial charge in [-0.3, -0.25) is 4.90 Å². The molecular formula is C22H28N6O. The van der Waals surface area contributed by atoms with Gasteiger partial charge < -0.3 is 14.8 Å². The minimum absolute atomic E-state index is 0.0148. The molecule has 0 spiro atoms. The first-order valence-electron chi connectivity index (χ1n) is 10.2. The molecule has 3 aromatic rings. The number of rotatable bonds is 4. The van der Waals surface area contributed by atoms with E-state index in [9.17, 15) is 4.79 Å². The van der Waals surface area contributed by atoms with Crippen LogP contribution in [-0.4, -0.2) is 63.1 Å². The van der Waals surface area contributed by atoms with Crippen molar-refractivity contribution in [3.05, 3.63) is 53.5 Å². The Labute approximate surface area is 171 Å². The number of carbonyl (C=O) groups excluding carboxylic acids is 1. The van der Waals surface area contributed by atoms with Crippen LogP contribution >= 0.6 is 0 Å². The predicted octanol–water partition coefficient (Wildman–Crippen LogP) is 3.21. The third-order valence-corrected chi connectivity index (χ3v) is 5.84. The molecule has 1 aromatic carbocycles. The van der Waals surface area contributed by atoms with Crippen molar-refractivity contribution < 1.29 is 4.79 Å². The number of nitrogens with zero attached hydrogens (tertiary/aromatic N) is 5. The number of benzene rings is 1. The van der Waals surface area contributed by atoms with E-state index < -0.39 is 0 Å². The molecule has 0 unspecified atom stereocenters. The molecule has 0 saturated carbocycles. The number of imidazole rings is 1. The number of hydrogen-bond donors (Lipinski definition) is 1. The minimum Gasteiger partial charge on any atom is -0.322 e. The van der Waals surface area contributed by atoms with Gasteiger partial charge in [0.05, 0.1) is 0 Å². The van der Waals surface area contributed by atoms with Crippen LogP contribution in [0.25, 0.3) is 11.2 Å². The zero-order chi connectivity index (χ0) is 20.4. The number of amides is 2. The Morgan fingerprint density at radius 2 is 1.83 bits per heavy atom. The normalized spacial score (nSPS) is 15.1. The minimum atomic E-state index is -0.0148. The smallest absolute Gasteiger partial charge is 0.321 e. The highest BCUT2D eigenvalue weighted by Gasteiger charge is 2.22. The summed E-state index contributed by atoms with van der Waals surface area (Å²) in [5.41, 5.74) is 5.09. The number of urea groups is 1. The molecule has 3 heterocycles. The second-order valence-corrected chi connectivity index (χ2v) is 7.66. The molecule has 4 rings (SSSR count). The second-order valence-electron chi connectivity index (χ2n) is 7.66. The Hall–Kier alpha value is -2.93. The van der Waals surface area contributed by atoms with Crippen LogP contribution in [0.1, 0.15) is 17.0 Å². The van der Waals surface area contributed by atoms with Gasteiger partial charge in [-0.1, -0.05) is 12.1 Å². The number of pyridine rings is 1. The largest absolute Gasteiger partial charge is 0.322 e. The standard InChI is InChI=1S/C22H28N6O/c1-16-6-4-7-19(17(16)2)25-22(29)27-13-10-26(11-14-27)12-15-28-18(3)24-20-8-5-9-23-21(20)28/h4-9H,10-15H2,1-3H3,(H,25,29). The van der Waals surface area contributed by atoms with Crippen molar-refractivity contribution in [3.63, 3.8) is 0 Å². The molecule has 0 bridgehead atoms. The van der Waals surface area contributed by atoms with Crippen molar-refractivity contribution in [2.24, 2.45) is 0 Å². The van der Waals surface area contributed by atoms with Crippen molar-refractivity contribution in [2.45, 2.75) is 27.3 Å². The molecule has 0 aliphatic carbocycles. The maximum absolute atomic E-state index is 12.6. The van der Waals surface area contributed by atoms with Gasteiger partial charge in [0.1, 0.15) is 11.3 Å². The van der Waals surface area contributed by atoms with Crippen LogP contribution in [0.15, 0.2) is 36.5 Å². The fourth-order valence-corrected chi connectivity index (χ4v) is 3.84. The number of anilines is 1. The Balaban J connectivity index is 1.31. The molecule has 1 fully saturated rings. The van der Waals surface area contributed by atoms with Crippen molar-refractivity contribution in [2.75, 3.05) is 38.0 Å². The number of fused-ring (bicyclic) bond motifs is 1. The summed E-state index contributed by atoms with van der Waals surface area (Å²) >= 11 is 0. The number of aryl methyl sites for hydroxylation is 2. The van der Waals surface area contributed by atoms with Crippen LogP contribution in [0.3, 0.4) is 0 Å². The molecule has 152 valence electrons. The number of aromatic nitrogens is 3. The Morgan fingerprint density at radius 1 is 1.03 bits per heavy atom. The molecule has 2 amide bonds. The lowest BCUT2D eigenvalue weighted by atomic mass is 10.1. The number of carbonyl (C=O) groups is 1. The van der Waals surface area contributed by atoms with Crippen LogP contribution < -0.4 is 5.32 Å². The number of piperazine rings is 1. The first kappa shape index (κ1) is 19.4. The second kappa shape index (κ2) is 8.21. The summed E-state index contributed by atoms with van der Waals surface area (Å²) in [6, 6.07) is 9.90. The maximum atomic E-state index is 12.6. The summed E-state index contributed by atoms with van der Waals surface area (Å²) in [6.07, 6.45) is 1.81. The van der Waals surface area contributed by atoms with Crippen molar-refractivity contribution in [1.82, 2.24) is 24.3 Å². The van der Waals surface area contributed by atoms with E-state index in [-0.39, 0.29) is 6.03 Å². The predicted molar refractivity (Wildman–Crippen MR) is 115 cm³/mol. The zero-order valence-electron chi connectivity index (χ0n) is 17.4. The first-order valence-corrected chi connectivity index (χ1v) is 10.2. The Kier molecular flexibility index (Phi) is 5.49. The van der Waals surface area contributed by atoms with Gasteiger partial charge in [0, 0.05) is 51.2 Å². The highest BCUT2D eigenvalue weighted by Crippen LogP contribution is 2.19. The van der Waals surface area contributed by atoms with E-state index in [1.807, 2.05) is 49.2 Å². The zero-order valence-corrected chi connectivity index (χ0v) is 17.4. The summed E-state index contributed by atoms with van der Waals surface area (Å²) in [5, 5.41) is 3.07. The van der Waals surface area contributed by atoms with Crippen LogP contribution in [0.4, 0.5) is 10.5 Å². The summed E-state index contributed by atoms with van der Waals surface area (Å²) in [6.45, 7) is 11.1. The molecule has 7 heteroatoms. The highest BCUT2D eigenvalue weighted by molar-refractivity contribution is 5.90. The highest BCUT2D eigenvalue weighted by atomic mass is 16.2. The van der Waals surface area contributed by atoms with Gasteiger partial charge in [-0.05, 0) is 50.1 Å². The molecule has 0 atom stereocenters. The molecule has 0 radical (unpaired) electrons. The quantitative estimate of drug-likeness (QED) is 0.740. The van der Waals surface area contributed by atoms with Crippen LogP contribution in [0.5, 0.6) is 0 Å². The topological polar surface area (TPSA) is 66.3 Å². The lowest BCUT2D eigenvalue weighted by Gasteiger charge is -2.34. The number of hydrogen-bond acceptors (Lipinski definition) is 4. The van der Waals surface area contributed by atoms with E-state index in [4.69, 9.17) is 0 Å². The lowest BCUT2D eigenvalue weighted by Crippen LogP contribution is -2.50. The van der Waals surface area contributed by atoms with Crippen molar-refractivity contribution >= 4 is 22.9 Å². The maximum Gasteiger partial charge on any atom is 0.321 e. The fraction of sp³-hybridized carbons (Fsp3) is 0.409. The van der Waals surface area contributed by atoms with Gasteiger partial charge in [0.2, 0.25) is 0 Å². The van der Waals surface area contributed by atoms with Gasteiger partial charge in [0.15, 0.2) is 5.65 Å². The van der Waals surface area contributed by atoms with E-state index in [1.165, 1.54) is 5.56 Å². The van der Waals surface area contributed by atoms with Gasteiger partial charge >= 0.3 is 6.03 Å². The number of nitrogens with one attached hydrogen (secondary N) is 1. The van der Waals surface area contributed by atoms with Crippen LogP contribution in [0, 0.1) is 20.8 Å². The van der Waals surface area contributed by atoms with Gasteiger partial charge in [0.25, 0.3) is 0 Å². The van der Waals surface area contributed by atoms with Gasteiger partial charge in [-0.2, -0.15) is 0 Å². The van der Waals surface area contributed by atoms with Crippen molar-refractivity contribution in [3.8, 4) is 0 Å². The van der Waals surface area contributed by atoms with E-state index in [2.05, 4.69) is 37.7 Å². The lowest BCUT2D eigenvalue weighted by molar-refractivity contribution is 0.144. The van der Waals surface area contributed by atoms with Crippen molar-refractivity contribution in [1.29, 1.82) is 0 Å². The summed E-state index contributed by atoms with van der Waals surface area (Å²) < 4.78 is 2.18. The molecule has 2 aromatic heterocycles. The molecule has 1 aliphatic heterocycles. The Bertz CT molecular complexity index is 1020. The monoisotopic (exact) mass is 392 g/mol. The van der Waals surface area contributed by atoms with Gasteiger partial charge in [-0.25, -0.2) is 14.8 Å². The molecule has 1 N–H and O–H groups in total. The van der Waals surface area contributed by atoms with E-state index >= 15 is 0 Å². The average Bonchev–Trinajstić information content (AvgIpc) is 3.05. The summed E-state index contributed by atoms with van der Waals surface area (Å²) in [5.74, 6) is 0.991. The third kappa shape index (κ3) is 4.10. The fourth-order valence-electron chi connectivity index (χ4n) is 3.84.